The molecule has 0 spiro atoms. The summed E-state index contributed by atoms with van der Waals surface area (Å²) in [5.41, 5.74) is 0. The van der Waals surface area contributed by atoms with Crippen LogP contribution in [0.1, 0.15) is 51.4 Å². The molecule has 0 aromatic carbocycles. The van der Waals surface area contributed by atoms with Crippen LogP contribution in [0, 0.1) is 5.92 Å². The van der Waals surface area contributed by atoms with Crippen molar-refractivity contribution >= 4 is 11.9 Å². The molecule has 0 bridgehead atoms. The summed E-state index contributed by atoms with van der Waals surface area (Å²) in [7, 11) is 0. The lowest BCUT2D eigenvalue weighted by Crippen LogP contribution is -2.07. The van der Waals surface area contributed by atoms with Gasteiger partial charge >= 0.3 is 17.9 Å². The third-order valence-electron chi connectivity index (χ3n) is 4.19. The monoisotopic (exact) mass is 346 g/mol. The first-order valence-corrected chi connectivity index (χ1v) is 8.95. The number of hydrogen-bond acceptors (Lipinski definition) is 5. The topological polar surface area (TPSA) is 81.3 Å². The van der Waals surface area contributed by atoms with E-state index in [1.54, 1.807) is 0 Å². The summed E-state index contributed by atoms with van der Waals surface area (Å²) in [6.45, 7) is 0.302. The van der Waals surface area contributed by atoms with E-state index in [1.165, 1.54) is 50.9 Å². The molecule has 6 heteroatoms. The fourth-order valence-corrected chi connectivity index (χ4v) is 2.89. The molecular weight excluding hydrogens is 320 g/mol. The number of aromatic amines is 1. The molecule has 1 fully saturated rings. The van der Waals surface area contributed by atoms with Crippen molar-refractivity contribution in [2.24, 2.45) is 5.92 Å². The number of nitrogens with one attached hydrogen (secondary N) is 1. The molecule has 1 aliphatic rings. The van der Waals surface area contributed by atoms with Crippen molar-refractivity contribution < 1.29 is 19.1 Å². The SMILES string of the molecule is O=C(/C=C\C(=O)Oc1ncc[nH]1)OCC/C=C\CCC1CCCCC1. The molecule has 1 saturated carbocycles. The Balaban J connectivity index is 1.50. The summed E-state index contributed by atoms with van der Waals surface area (Å²) < 4.78 is 9.83. The van der Waals surface area contributed by atoms with Gasteiger partial charge in [-0.15, -0.1) is 0 Å². The molecule has 1 N–H and O–H groups in total. The molecular formula is C19H26N2O4. The second-order valence-electron chi connectivity index (χ2n) is 6.16. The Kier molecular flexibility index (Phi) is 8.52. The van der Waals surface area contributed by atoms with E-state index >= 15 is 0 Å². The van der Waals surface area contributed by atoms with Gasteiger partial charge in [-0.3, -0.25) is 0 Å². The van der Waals surface area contributed by atoms with E-state index in [0.29, 0.717) is 13.0 Å². The predicted molar refractivity (Wildman–Crippen MR) is 93.9 cm³/mol. The standard InChI is InChI=1S/C19H26N2O4/c22-17(11-12-18(23)25-19-20-13-14-21-19)24-15-7-2-1-4-8-16-9-5-3-6-10-16/h1-2,11-14,16H,3-10,15H2,(H,20,21)/b2-1-,12-11-. The molecule has 1 heterocycles. The van der Waals surface area contributed by atoms with E-state index in [1.807, 2.05) is 6.08 Å². The zero-order chi connectivity index (χ0) is 17.7. The lowest BCUT2D eigenvalue weighted by atomic mass is 9.86. The smallest absolute Gasteiger partial charge is 0.338 e. The molecule has 1 aliphatic carbocycles. The molecule has 0 radical (unpaired) electrons. The van der Waals surface area contributed by atoms with Gasteiger partial charge in [0.15, 0.2) is 0 Å². The Bertz CT molecular complexity index is 572. The third-order valence-corrected chi connectivity index (χ3v) is 4.19. The summed E-state index contributed by atoms with van der Waals surface area (Å²) in [6, 6.07) is 0.0846. The number of aromatic nitrogens is 2. The van der Waals surface area contributed by atoms with Gasteiger partial charge in [0.2, 0.25) is 0 Å². The first kappa shape index (κ1) is 19.0. The Morgan fingerprint density at radius 2 is 1.88 bits per heavy atom. The normalized spacial score (nSPS) is 15.7. The van der Waals surface area contributed by atoms with Crippen molar-refractivity contribution in [1.82, 2.24) is 9.97 Å². The van der Waals surface area contributed by atoms with Gasteiger partial charge in [0.25, 0.3) is 0 Å². The second-order valence-corrected chi connectivity index (χ2v) is 6.16. The van der Waals surface area contributed by atoms with Crippen LogP contribution < -0.4 is 4.74 Å². The minimum absolute atomic E-state index is 0.0846. The highest BCUT2D eigenvalue weighted by atomic mass is 16.5. The van der Waals surface area contributed by atoms with Gasteiger partial charge in [0, 0.05) is 24.5 Å². The number of carbonyl (C=O) groups excluding carboxylic acids is 2. The minimum atomic E-state index is -0.686. The van der Waals surface area contributed by atoms with Crippen LogP contribution in [0.2, 0.25) is 0 Å². The van der Waals surface area contributed by atoms with Crippen molar-refractivity contribution in [3.05, 3.63) is 36.7 Å². The minimum Gasteiger partial charge on any atom is -0.462 e. The summed E-state index contributed by atoms with van der Waals surface area (Å²) in [5.74, 6) is -0.358. The Hall–Kier alpha value is -2.37. The fourth-order valence-electron chi connectivity index (χ4n) is 2.89. The van der Waals surface area contributed by atoms with Gasteiger partial charge < -0.3 is 14.5 Å². The number of esters is 2. The Morgan fingerprint density at radius 1 is 1.12 bits per heavy atom. The molecule has 0 amide bonds. The lowest BCUT2D eigenvalue weighted by Gasteiger charge is -2.20. The number of hydrogen-bond donors (Lipinski definition) is 1. The number of imidazole rings is 1. The molecule has 1 aromatic heterocycles. The van der Waals surface area contributed by atoms with Gasteiger partial charge in [-0.25, -0.2) is 14.6 Å². The maximum Gasteiger partial charge on any atom is 0.338 e. The quantitative estimate of drug-likeness (QED) is 0.319. The highest BCUT2D eigenvalue weighted by Gasteiger charge is 2.11. The first-order valence-electron chi connectivity index (χ1n) is 8.95. The summed E-state index contributed by atoms with van der Waals surface area (Å²) in [6.07, 6.45) is 19.2. The van der Waals surface area contributed by atoms with Crippen LogP contribution >= 0.6 is 0 Å². The largest absolute Gasteiger partial charge is 0.462 e. The number of ether oxygens (including phenoxy) is 2. The van der Waals surface area contributed by atoms with Crippen LogP contribution in [0.15, 0.2) is 36.7 Å². The number of allylic oxidation sites excluding steroid dienone is 1. The van der Waals surface area contributed by atoms with Crippen LogP contribution in [0.3, 0.4) is 0 Å². The van der Waals surface area contributed by atoms with Crippen molar-refractivity contribution in [3.8, 4) is 6.01 Å². The average Bonchev–Trinajstić information content (AvgIpc) is 3.13. The Morgan fingerprint density at radius 3 is 2.64 bits per heavy atom. The molecule has 136 valence electrons. The average molecular weight is 346 g/mol. The summed E-state index contributed by atoms with van der Waals surface area (Å²) in [4.78, 5) is 29.3. The van der Waals surface area contributed by atoms with Crippen molar-refractivity contribution in [2.75, 3.05) is 6.61 Å². The molecule has 25 heavy (non-hydrogen) atoms. The molecule has 6 nitrogen and oxygen atoms in total. The zero-order valence-electron chi connectivity index (χ0n) is 14.5. The van der Waals surface area contributed by atoms with Gasteiger partial charge in [0.1, 0.15) is 0 Å². The van der Waals surface area contributed by atoms with E-state index in [0.717, 1.165) is 24.5 Å². The second kappa shape index (κ2) is 11.2. The van der Waals surface area contributed by atoms with Crippen LogP contribution in [-0.2, 0) is 14.3 Å². The summed E-state index contributed by atoms with van der Waals surface area (Å²) in [5, 5.41) is 0. The number of nitrogens with zero attached hydrogens (tertiary/aromatic N) is 1. The maximum atomic E-state index is 11.5. The van der Waals surface area contributed by atoms with Crippen LogP contribution in [0.5, 0.6) is 6.01 Å². The highest BCUT2D eigenvalue weighted by molar-refractivity contribution is 5.92. The Labute approximate surface area is 148 Å². The zero-order valence-corrected chi connectivity index (χ0v) is 14.5. The van der Waals surface area contributed by atoms with E-state index in [-0.39, 0.29) is 6.01 Å². The molecule has 2 rings (SSSR count). The molecule has 0 saturated heterocycles. The van der Waals surface area contributed by atoms with E-state index in [2.05, 4.69) is 16.0 Å². The van der Waals surface area contributed by atoms with Gasteiger partial charge in [-0.05, 0) is 25.2 Å². The number of H-pyrrole nitrogens is 1. The lowest BCUT2D eigenvalue weighted by molar-refractivity contribution is -0.138. The van der Waals surface area contributed by atoms with Gasteiger partial charge in [-0.1, -0.05) is 44.3 Å². The van der Waals surface area contributed by atoms with E-state index < -0.39 is 11.9 Å². The number of rotatable bonds is 9. The van der Waals surface area contributed by atoms with Gasteiger partial charge in [0.05, 0.1) is 6.61 Å². The first-order chi connectivity index (χ1) is 12.2. The van der Waals surface area contributed by atoms with Crippen molar-refractivity contribution in [2.45, 2.75) is 51.4 Å². The fraction of sp³-hybridized carbons (Fsp3) is 0.526. The highest BCUT2D eigenvalue weighted by Crippen LogP contribution is 2.27. The maximum absolute atomic E-state index is 11.5. The molecule has 1 aromatic rings. The van der Waals surface area contributed by atoms with Crippen LogP contribution in [-0.4, -0.2) is 28.5 Å². The van der Waals surface area contributed by atoms with Gasteiger partial charge in [-0.2, -0.15) is 0 Å². The molecule has 0 aliphatic heterocycles. The predicted octanol–water partition coefficient (Wildman–Crippen LogP) is 3.72. The summed E-state index contributed by atoms with van der Waals surface area (Å²) >= 11 is 0. The van der Waals surface area contributed by atoms with Crippen molar-refractivity contribution in [3.63, 3.8) is 0 Å². The van der Waals surface area contributed by atoms with E-state index in [9.17, 15) is 9.59 Å². The van der Waals surface area contributed by atoms with Crippen molar-refractivity contribution in [1.29, 1.82) is 0 Å². The van der Waals surface area contributed by atoms with Crippen LogP contribution in [0.4, 0.5) is 0 Å². The molecule has 0 unspecified atom stereocenters. The van der Waals surface area contributed by atoms with Crippen LogP contribution in [0.25, 0.3) is 0 Å². The van der Waals surface area contributed by atoms with E-state index in [4.69, 9.17) is 9.47 Å². The molecule has 0 atom stereocenters. The third kappa shape index (κ3) is 8.33. The number of carbonyl (C=O) groups is 2.